The van der Waals surface area contributed by atoms with E-state index >= 15 is 0 Å². The maximum Gasteiger partial charge on any atom is 0.122 e. The lowest BCUT2D eigenvalue weighted by Gasteiger charge is -2.14. The van der Waals surface area contributed by atoms with Crippen molar-refractivity contribution < 1.29 is 9.84 Å². The zero-order valence-corrected chi connectivity index (χ0v) is 12.5. The van der Waals surface area contributed by atoms with E-state index in [4.69, 9.17) is 4.74 Å². The Bertz CT molecular complexity index is 619. The number of hydrogen-bond acceptors (Lipinski definition) is 2. The number of methoxy groups -OCH3 is 1. The van der Waals surface area contributed by atoms with Crippen LogP contribution in [0.25, 0.3) is 0 Å². The van der Waals surface area contributed by atoms with E-state index in [-0.39, 0.29) is 6.10 Å². The maximum atomic E-state index is 10.4. The molecule has 0 heterocycles. The van der Waals surface area contributed by atoms with Crippen LogP contribution in [-0.2, 0) is 25.7 Å². The fourth-order valence-corrected chi connectivity index (χ4v) is 3.22. The molecule has 2 aromatic carbocycles. The van der Waals surface area contributed by atoms with E-state index in [1.807, 2.05) is 24.3 Å². The van der Waals surface area contributed by atoms with Crippen LogP contribution in [0, 0.1) is 0 Å². The first-order chi connectivity index (χ1) is 10.3. The predicted molar refractivity (Wildman–Crippen MR) is 84.9 cm³/mol. The summed E-state index contributed by atoms with van der Waals surface area (Å²) in [5, 5.41) is 10.4. The third kappa shape index (κ3) is 3.27. The zero-order chi connectivity index (χ0) is 14.7. The molecule has 2 heteroatoms. The zero-order valence-electron chi connectivity index (χ0n) is 12.5. The molecule has 0 saturated heterocycles. The molecule has 1 N–H and O–H groups in total. The minimum absolute atomic E-state index is 0.374. The lowest BCUT2D eigenvalue weighted by Crippen LogP contribution is -2.14. The van der Waals surface area contributed by atoms with Gasteiger partial charge in [0.1, 0.15) is 5.75 Å². The number of fused-ring (bicyclic) bond motifs is 1. The standard InChI is InChI=1S/C19H22O2/c1-21-19-8-3-2-5-17(19)13-18(20)12-14-9-10-15-6-4-7-16(15)11-14/h2-3,5,8-11,18,20H,4,6-7,12-13H2,1H3. The second-order valence-corrected chi connectivity index (χ2v) is 5.83. The van der Waals surface area contributed by atoms with Gasteiger partial charge in [0.2, 0.25) is 0 Å². The summed E-state index contributed by atoms with van der Waals surface area (Å²) in [7, 11) is 1.67. The Morgan fingerprint density at radius 2 is 1.86 bits per heavy atom. The third-order valence-corrected chi connectivity index (χ3v) is 4.28. The maximum absolute atomic E-state index is 10.4. The Hall–Kier alpha value is -1.80. The van der Waals surface area contributed by atoms with Gasteiger partial charge in [0, 0.05) is 6.42 Å². The third-order valence-electron chi connectivity index (χ3n) is 4.28. The first-order valence-corrected chi connectivity index (χ1v) is 7.67. The van der Waals surface area contributed by atoms with Gasteiger partial charge in [0.15, 0.2) is 0 Å². The summed E-state index contributed by atoms with van der Waals surface area (Å²) >= 11 is 0. The van der Waals surface area contributed by atoms with Crippen LogP contribution in [-0.4, -0.2) is 18.3 Å². The number of ether oxygens (including phenoxy) is 1. The Morgan fingerprint density at radius 1 is 1.05 bits per heavy atom. The molecule has 21 heavy (non-hydrogen) atoms. The molecule has 0 saturated carbocycles. The minimum Gasteiger partial charge on any atom is -0.496 e. The van der Waals surface area contributed by atoms with E-state index in [1.165, 1.54) is 36.0 Å². The van der Waals surface area contributed by atoms with Crippen molar-refractivity contribution in [1.29, 1.82) is 0 Å². The molecule has 0 spiro atoms. The molecule has 1 unspecified atom stereocenters. The number of aliphatic hydroxyl groups excluding tert-OH is 1. The van der Waals surface area contributed by atoms with Gasteiger partial charge in [-0.2, -0.15) is 0 Å². The number of para-hydroxylation sites is 1. The molecule has 0 bridgehead atoms. The van der Waals surface area contributed by atoms with Gasteiger partial charge in [-0.3, -0.25) is 0 Å². The molecule has 0 fully saturated rings. The van der Waals surface area contributed by atoms with Crippen LogP contribution in [0.1, 0.15) is 28.7 Å². The topological polar surface area (TPSA) is 29.5 Å². The highest BCUT2D eigenvalue weighted by molar-refractivity contribution is 5.36. The number of aliphatic hydroxyl groups is 1. The summed E-state index contributed by atoms with van der Waals surface area (Å²) < 4.78 is 5.35. The van der Waals surface area contributed by atoms with Gasteiger partial charge in [0.05, 0.1) is 13.2 Å². The summed E-state index contributed by atoms with van der Waals surface area (Å²) in [6.07, 6.45) is 4.61. The summed E-state index contributed by atoms with van der Waals surface area (Å²) in [5.74, 6) is 0.852. The molecule has 1 atom stereocenters. The van der Waals surface area contributed by atoms with Crippen molar-refractivity contribution in [2.45, 2.75) is 38.2 Å². The van der Waals surface area contributed by atoms with E-state index in [0.717, 1.165) is 11.3 Å². The van der Waals surface area contributed by atoms with E-state index in [0.29, 0.717) is 12.8 Å². The molecule has 2 nitrogen and oxygen atoms in total. The Balaban J connectivity index is 1.67. The van der Waals surface area contributed by atoms with Gasteiger partial charge < -0.3 is 9.84 Å². The highest BCUT2D eigenvalue weighted by Crippen LogP contribution is 2.24. The number of hydrogen-bond donors (Lipinski definition) is 1. The van der Waals surface area contributed by atoms with E-state index in [2.05, 4.69) is 18.2 Å². The molecule has 0 amide bonds. The summed E-state index contributed by atoms with van der Waals surface area (Å²) in [4.78, 5) is 0. The van der Waals surface area contributed by atoms with Gasteiger partial charge in [-0.05, 0) is 54.0 Å². The first kappa shape index (κ1) is 14.2. The van der Waals surface area contributed by atoms with E-state index in [1.54, 1.807) is 7.11 Å². The minimum atomic E-state index is -0.374. The monoisotopic (exact) mass is 282 g/mol. The molecule has 0 radical (unpaired) electrons. The Labute approximate surface area is 126 Å². The van der Waals surface area contributed by atoms with Gasteiger partial charge in [-0.1, -0.05) is 36.4 Å². The lowest BCUT2D eigenvalue weighted by molar-refractivity contribution is 0.174. The van der Waals surface area contributed by atoms with Crippen molar-refractivity contribution >= 4 is 0 Å². The Kier molecular flexibility index (Phi) is 4.26. The predicted octanol–water partition coefficient (Wildman–Crippen LogP) is 3.33. The van der Waals surface area contributed by atoms with Gasteiger partial charge in [-0.15, -0.1) is 0 Å². The SMILES string of the molecule is COc1ccccc1CC(O)Cc1ccc2c(c1)CCC2. The largest absolute Gasteiger partial charge is 0.496 e. The highest BCUT2D eigenvalue weighted by atomic mass is 16.5. The second-order valence-electron chi connectivity index (χ2n) is 5.83. The van der Waals surface area contributed by atoms with Gasteiger partial charge >= 0.3 is 0 Å². The summed E-state index contributed by atoms with van der Waals surface area (Å²) in [6.45, 7) is 0. The Morgan fingerprint density at radius 3 is 2.71 bits per heavy atom. The van der Waals surface area contributed by atoms with Crippen molar-refractivity contribution in [3.05, 3.63) is 64.7 Å². The molecule has 1 aliphatic carbocycles. The van der Waals surface area contributed by atoms with Crippen LogP contribution < -0.4 is 4.74 Å². The molecule has 0 aromatic heterocycles. The fraction of sp³-hybridized carbons (Fsp3) is 0.368. The van der Waals surface area contributed by atoms with Crippen molar-refractivity contribution in [3.63, 3.8) is 0 Å². The fourth-order valence-electron chi connectivity index (χ4n) is 3.22. The van der Waals surface area contributed by atoms with Crippen LogP contribution in [0.4, 0.5) is 0 Å². The highest BCUT2D eigenvalue weighted by Gasteiger charge is 2.14. The molecular formula is C19H22O2. The molecule has 2 aromatic rings. The number of rotatable bonds is 5. The molecule has 1 aliphatic rings. The van der Waals surface area contributed by atoms with Crippen LogP contribution in [0.15, 0.2) is 42.5 Å². The van der Waals surface area contributed by atoms with Gasteiger partial charge in [0.25, 0.3) is 0 Å². The van der Waals surface area contributed by atoms with Crippen molar-refractivity contribution in [3.8, 4) is 5.75 Å². The van der Waals surface area contributed by atoms with Crippen LogP contribution in [0.2, 0.25) is 0 Å². The average molecular weight is 282 g/mol. The molecule has 0 aliphatic heterocycles. The van der Waals surface area contributed by atoms with Crippen molar-refractivity contribution in [1.82, 2.24) is 0 Å². The molecule has 3 rings (SSSR count). The smallest absolute Gasteiger partial charge is 0.122 e. The van der Waals surface area contributed by atoms with Crippen LogP contribution >= 0.6 is 0 Å². The first-order valence-electron chi connectivity index (χ1n) is 7.67. The van der Waals surface area contributed by atoms with Crippen molar-refractivity contribution in [2.75, 3.05) is 7.11 Å². The second kappa shape index (κ2) is 6.31. The van der Waals surface area contributed by atoms with Gasteiger partial charge in [-0.25, -0.2) is 0 Å². The van der Waals surface area contributed by atoms with Crippen molar-refractivity contribution in [2.24, 2.45) is 0 Å². The van der Waals surface area contributed by atoms with E-state index < -0.39 is 0 Å². The lowest BCUT2D eigenvalue weighted by atomic mass is 9.98. The molecule has 110 valence electrons. The van der Waals surface area contributed by atoms with E-state index in [9.17, 15) is 5.11 Å². The number of aryl methyl sites for hydroxylation is 2. The quantitative estimate of drug-likeness (QED) is 0.911. The normalized spacial score (nSPS) is 14.8. The molecular weight excluding hydrogens is 260 g/mol. The van der Waals surface area contributed by atoms with Crippen LogP contribution in [0.3, 0.4) is 0 Å². The summed E-state index contributed by atoms with van der Waals surface area (Å²) in [6, 6.07) is 14.6. The average Bonchev–Trinajstić information content (AvgIpc) is 2.95. The van der Waals surface area contributed by atoms with Crippen LogP contribution in [0.5, 0.6) is 5.75 Å². The summed E-state index contributed by atoms with van der Waals surface area (Å²) in [5.41, 5.74) is 5.25. The number of benzene rings is 2.